The quantitative estimate of drug-likeness (QED) is 0.364. The Morgan fingerprint density at radius 3 is 2.71 bits per heavy atom. The number of aromatic hydroxyl groups is 1. The van der Waals surface area contributed by atoms with Gasteiger partial charge in [0.05, 0.1) is 11.1 Å². The maximum absolute atomic E-state index is 12.8. The van der Waals surface area contributed by atoms with E-state index >= 15 is 0 Å². The summed E-state index contributed by atoms with van der Waals surface area (Å²) in [6, 6.07) is 10.7. The number of carboxylic acid groups (broad SMARTS) is 1. The summed E-state index contributed by atoms with van der Waals surface area (Å²) in [6.45, 7) is 1.53. The SMILES string of the molecule is O=C(NC[C@@H]1Cc2c(sc(NC3CCCCO3)c2C(=O)O)CN1)c1cc2ccccc2cc1O. The van der Waals surface area contributed by atoms with Crippen molar-refractivity contribution in [2.24, 2.45) is 0 Å². The Morgan fingerprint density at radius 2 is 1.97 bits per heavy atom. The number of aromatic carboxylic acids is 1. The molecule has 0 saturated carbocycles. The van der Waals surface area contributed by atoms with Crippen LogP contribution in [0.15, 0.2) is 36.4 Å². The number of benzene rings is 2. The van der Waals surface area contributed by atoms with E-state index in [0.717, 1.165) is 40.5 Å². The number of hydrogen-bond donors (Lipinski definition) is 5. The first kappa shape index (κ1) is 22.6. The van der Waals surface area contributed by atoms with Gasteiger partial charge in [-0.1, -0.05) is 24.3 Å². The molecule has 0 aliphatic carbocycles. The van der Waals surface area contributed by atoms with Crippen LogP contribution in [0.4, 0.5) is 5.00 Å². The molecule has 5 rings (SSSR count). The molecule has 2 aliphatic heterocycles. The minimum absolute atomic E-state index is 0.0678. The van der Waals surface area contributed by atoms with E-state index in [1.165, 1.54) is 11.3 Å². The molecule has 9 heteroatoms. The van der Waals surface area contributed by atoms with Crippen LogP contribution in [0.5, 0.6) is 5.75 Å². The second-order valence-corrected chi connectivity index (χ2v) is 9.83. The van der Waals surface area contributed by atoms with Crippen LogP contribution in [0, 0.1) is 0 Å². The Hall–Kier alpha value is -3.14. The van der Waals surface area contributed by atoms with Crippen LogP contribution in [0.3, 0.4) is 0 Å². The number of amides is 1. The fraction of sp³-hybridized carbons (Fsp3) is 0.360. The average molecular weight is 482 g/mol. The molecule has 1 amide bonds. The highest BCUT2D eigenvalue weighted by Gasteiger charge is 2.30. The van der Waals surface area contributed by atoms with E-state index in [0.29, 0.717) is 36.7 Å². The number of thiophene rings is 1. The van der Waals surface area contributed by atoms with Gasteiger partial charge in [-0.3, -0.25) is 4.79 Å². The standard InChI is InChI=1S/C25H27N3O5S/c29-19-10-15-6-2-1-5-14(15)9-17(19)23(30)27-12-16-11-18-20(13-26-16)34-24(22(18)25(31)32)28-21-7-3-4-8-33-21/h1-2,5-6,9-10,16,21,26,28-29H,3-4,7-8,11-13H2,(H,27,30)(H,31,32)/t16-,21?/m0/s1. The largest absolute Gasteiger partial charge is 0.507 e. The molecule has 2 aliphatic rings. The molecule has 8 nitrogen and oxygen atoms in total. The smallest absolute Gasteiger partial charge is 0.338 e. The lowest BCUT2D eigenvalue weighted by Crippen LogP contribution is -2.44. The monoisotopic (exact) mass is 481 g/mol. The van der Waals surface area contributed by atoms with Gasteiger partial charge in [0, 0.05) is 30.6 Å². The van der Waals surface area contributed by atoms with Crippen molar-refractivity contribution in [3.05, 3.63) is 58.0 Å². The van der Waals surface area contributed by atoms with Crippen LogP contribution in [0.1, 0.15) is 50.4 Å². The Morgan fingerprint density at radius 1 is 1.18 bits per heavy atom. The zero-order valence-electron chi connectivity index (χ0n) is 18.6. The van der Waals surface area contributed by atoms with Gasteiger partial charge in [0.2, 0.25) is 0 Å². The Bertz CT molecular complexity index is 1230. The molecule has 1 saturated heterocycles. The van der Waals surface area contributed by atoms with Crippen molar-refractivity contribution >= 4 is 39.0 Å². The fourth-order valence-corrected chi connectivity index (χ4v) is 5.83. The zero-order chi connectivity index (χ0) is 23.7. The van der Waals surface area contributed by atoms with Gasteiger partial charge < -0.3 is 30.9 Å². The van der Waals surface area contributed by atoms with Gasteiger partial charge >= 0.3 is 5.97 Å². The summed E-state index contributed by atoms with van der Waals surface area (Å²) in [5.41, 5.74) is 1.33. The molecule has 0 spiro atoms. The summed E-state index contributed by atoms with van der Waals surface area (Å²) in [7, 11) is 0. The predicted molar refractivity (Wildman–Crippen MR) is 131 cm³/mol. The van der Waals surface area contributed by atoms with E-state index < -0.39 is 5.97 Å². The minimum atomic E-state index is -0.957. The lowest BCUT2D eigenvalue weighted by molar-refractivity contribution is 0.0344. The number of nitrogens with one attached hydrogen (secondary N) is 3. The van der Waals surface area contributed by atoms with Crippen molar-refractivity contribution < 1.29 is 24.5 Å². The topological polar surface area (TPSA) is 120 Å². The van der Waals surface area contributed by atoms with E-state index in [4.69, 9.17) is 4.74 Å². The van der Waals surface area contributed by atoms with Crippen LogP contribution < -0.4 is 16.0 Å². The van der Waals surface area contributed by atoms with Gasteiger partial charge in [0.15, 0.2) is 0 Å². The third-order valence-corrected chi connectivity index (χ3v) is 7.56. The van der Waals surface area contributed by atoms with E-state index in [1.807, 2.05) is 24.3 Å². The highest BCUT2D eigenvalue weighted by atomic mass is 32.1. The van der Waals surface area contributed by atoms with Crippen molar-refractivity contribution in [3.63, 3.8) is 0 Å². The summed E-state index contributed by atoms with van der Waals surface area (Å²) in [4.78, 5) is 25.9. The summed E-state index contributed by atoms with van der Waals surface area (Å²) >= 11 is 1.46. The second kappa shape index (κ2) is 9.61. The fourth-order valence-electron chi connectivity index (χ4n) is 4.62. The number of fused-ring (bicyclic) bond motifs is 2. The predicted octanol–water partition coefficient (Wildman–Crippen LogP) is 3.69. The van der Waals surface area contributed by atoms with Crippen molar-refractivity contribution in [1.29, 1.82) is 0 Å². The van der Waals surface area contributed by atoms with Crippen LogP contribution >= 0.6 is 11.3 Å². The first-order valence-electron chi connectivity index (χ1n) is 11.5. The Balaban J connectivity index is 1.28. The number of rotatable bonds is 6. The van der Waals surface area contributed by atoms with Crippen LogP contribution in [0.2, 0.25) is 0 Å². The lowest BCUT2D eigenvalue weighted by atomic mass is 9.97. The van der Waals surface area contributed by atoms with Crippen LogP contribution in [-0.2, 0) is 17.7 Å². The molecule has 2 atom stereocenters. The molecule has 2 aromatic carbocycles. The van der Waals surface area contributed by atoms with Gasteiger partial charge in [-0.15, -0.1) is 11.3 Å². The molecule has 1 fully saturated rings. The molecule has 178 valence electrons. The third-order valence-electron chi connectivity index (χ3n) is 6.40. The van der Waals surface area contributed by atoms with E-state index in [1.54, 1.807) is 12.1 Å². The summed E-state index contributed by atoms with van der Waals surface area (Å²) < 4.78 is 5.73. The number of ether oxygens (including phenoxy) is 1. The van der Waals surface area contributed by atoms with Gasteiger partial charge in [0.25, 0.3) is 5.91 Å². The maximum Gasteiger partial charge on any atom is 0.338 e. The first-order valence-corrected chi connectivity index (χ1v) is 12.3. The Labute approximate surface area is 200 Å². The summed E-state index contributed by atoms with van der Waals surface area (Å²) in [5, 5.41) is 32.2. The van der Waals surface area contributed by atoms with E-state index in [2.05, 4.69) is 16.0 Å². The van der Waals surface area contributed by atoms with Crippen molar-refractivity contribution in [2.45, 2.75) is 44.5 Å². The van der Waals surface area contributed by atoms with Gasteiger partial charge in [-0.25, -0.2) is 4.79 Å². The highest BCUT2D eigenvalue weighted by Crippen LogP contribution is 2.37. The molecule has 34 heavy (non-hydrogen) atoms. The van der Waals surface area contributed by atoms with Crippen molar-refractivity contribution in [1.82, 2.24) is 10.6 Å². The first-order chi connectivity index (χ1) is 16.5. The second-order valence-electron chi connectivity index (χ2n) is 8.72. The van der Waals surface area contributed by atoms with E-state index in [9.17, 15) is 19.8 Å². The summed E-state index contributed by atoms with van der Waals surface area (Å²) in [6.07, 6.45) is 3.27. The molecule has 1 unspecified atom stereocenters. The van der Waals surface area contributed by atoms with Crippen LogP contribution in [-0.4, -0.2) is 47.5 Å². The maximum atomic E-state index is 12.8. The van der Waals surface area contributed by atoms with Crippen LogP contribution in [0.25, 0.3) is 10.8 Å². The molecule has 0 bridgehead atoms. The average Bonchev–Trinajstić information content (AvgIpc) is 3.20. The molecular formula is C25H27N3O5S. The molecule has 3 aromatic rings. The molecule has 1 aromatic heterocycles. The molecular weight excluding hydrogens is 454 g/mol. The van der Waals surface area contributed by atoms with Crippen molar-refractivity contribution in [3.8, 4) is 5.75 Å². The number of phenolic OH excluding ortho intramolecular Hbond substituents is 1. The summed E-state index contributed by atoms with van der Waals surface area (Å²) in [5.74, 6) is -1.39. The lowest BCUT2D eigenvalue weighted by Gasteiger charge is -2.25. The van der Waals surface area contributed by atoms with Gasteiger partial charge in [-0.05, 0) is 54.2 Å². The molecule has 5 N–H and O–H groups in total. The normalized spacial score (nSPS) is 20.0. The van der Waals surface area contributed by atoms with Gasteiger partial charge in [-0.2, -0.15) is 0 Å². The number of phenols is 1. The Kier molecular flexibility index (Phi) is 6.40. The third kappa shape index (κ3) is 4.59. The minimum Gasteiger partial charge on any atom is -0.507 e. The number of carboxylic acids is 1. The number of hydrogen-bond acceptors (Lipinski definition) is 7. The highest BCUT2D eigenvalue weighted by molar-refractivity contribution is 7.16. The van der Waals surface area contributed by atoms with Gasteiger partial charge in [0.1, 0.15) is 17.0 Å². The molecule has 3 heterocycles. The molecule has 0 radical (unpaired) electrons. The van der Waals surface area contributed by atoms with E-state index in [-0.39, 0.29) is 29.5 Å². The number of carbonyl (C=O) groups excluding carboxylic acids is 1. The number of carbonyl (C=O) groups is 2. The zero-order valence-corrected chi connectivity index (χ0v) is 19.4. The number of anilines is 1. The van der Waals surface area contributed by atoms with Crippen molar-refractivity contribution in [2.75, 3.05) is 18.5 Å².